The molecule has 0 spiro atoms. The van der Waals surface area contributed by atoms with Crippen molar-refractivity contribution in [1.82, 2.24) is 0 Å². The van der Waals surface area contributed by atoms with Crippen LogP contribution in [0.3, 0.4) is 0 Å². The van der Waals surface area contributed by atoms with Gasteiger partial charge in [-0.1, -0.05) is 5.92 Å². The maximum Gasteiger partial charge on any atom is 0.109 e. The van der Waals surface area contributed by atoms with E-state index in [0.29, 0.717) is 6.54 Å². The predicted molar refractivity (Wildman–Crippen MR) is 40.7 cm³/mol. The van der Waals surface area contributed by atoms with Crippen LogP contribution in [0.15, 0.2) is 4.36 Å². The van der Waals surface area contributed by atoms with Crippen molar-refractivity contribution in [1.29, 1.82) is 0 Å². The molecule has 0 N–H and O–H groups in total. The molecular formula is C6H11NOS. The zero-order chi connectivity index (χ0) is 7.33. The second kappa shape index (κ2) is 3.52. The van der Waals surface area contributed by atoms with E-state index in [0.717, 1.165) is 0 Å². The summed E-state index contributed by atoms with van der Waals surface area (Å²) in [5, 5.41) is 0. The Bertz CT molecular complexity index is 230. The summed E-state index contributed by atoms with van der Waals surface area (Å²) in [6.45, 7) is 2.13. The maximum absolute atomic E-state index is 10.8. The van der Waals surface area contributed by atoms with Gasteiger partial charge in [-0.05, 0) is 6.92 Å². The number of nitrogens with zero attached hydrogens (tertiary/aromatic N) is 1. The molecule has 0 atom stereocenters. The summed E-state index contributed by atoms with van der Waals surface area (Å²) in [6.07, 6.45) is 3.20. The van der Waals surface area contributed by atoms with Gasteiger partial charge in [0.1, 0.15) is 6.54 Å². The first-order valence-electron chi connectivity index (χ1n) is 2.59. The van der Waals surface area contributed by atoms with Crippen molar-refractivity contribution < 1.29 is 4.21 Å². The third kappa shape index (κ3) is 7.51. The molecule has 9 heavy (non-hydrogen) atoms. The standard InChI is InChI=1S/C6H11NOS/c1-4-5-6-7-9(2,3)8/h6H2,1-3H3. The Balaban J connectivity index is 3.98. The first-order valence-corrected chi connectivity index (χ1v) is 4.92. The fourth-order valence-corrected chi connectivity index (χ4v) is 0.642. The molecular weight excluding hydrogens is 134 g/mol. The van der Waals surface area contributed by atoms with Crippen molar-refractivity contribution in [3.63, 3.8) is 0 Å². The molecule has 0 rings (SSSR count). The Morgan fingerprint density at radius 2 is 2.11 bits per heavy atom. The zero-order valence-corrected chi connectivity index (χ0v) is 6.79. The fraction of sp³-hybridized carbons (Fsp3) is 0.667. The molecule has 0 fully saturated rings. The molecule has 0 saturated carbocycles. The highest BCUT2D eigenvalue weighted by Crippen LogP contribution is 1.80. The third-order valence-electron chi connectivity index (χ3n) is 0.631. The number of hydrogen-bond acceptors (Lipinski definition) is 2. The van der Waals surface area contributed by atoms with Crippen LogP contribution < -0.4 is 0 Å². The first kappa shape index (κ1) is 8.51. The molecule has 0 radical (unpaired) electrons. The summed E-state index contributed by atoms with van der Waals surface area (Å²) in [5.74, 6) is 5.38. The second-order valence-electron chi connectivity index (χ2n) is 1.90. The predicted octanol–water partition coefficient (Wildman–Crippen LogP) is 0.737. The van der Waals surface area contributed by atoms with Crippen LogP contribution in [0, 0.1) is 11.8 Å². The largest absolute Gasteiger partial charge is 0.250 e. The molecule has 0 aromatic heterocycles. The minimum Gasteiger partial charge on any atom is -0.250 e. The van der Waals surface area contributed by atoms with Crippen molar-refractivity contribution in [2.45, 2.75) is 6.92 Å². The van der Waals surface area contributed by atoms with Gasteiger partial charge >= 0.3 is 0 Å². The van der Waals surface area contributed by atoms with E-state index in [2.05, 4.69) is 16.2 Å². The van der Waals surface area contributed by atoms with Gasteiger partial charge in [0.25, 0.3) is 0 Å². The summed E-state index contributed by atoms with van der Waals surface area (Å²) >= 11 is 0. The highest BCUT2D eigenvalue weighted by molar-refractivity contribution is 7.92. The van der Waals surface area contributed by atoms with Crippen LogP contribution in [-0.4, -0.2) is 23.3 Å². The molecule has 0 heterocycles. The maximum atomic E-state index is 10.8. The van der Waals surface area contributed by atoms with Gasteiger partial charge in [0.15, 0.2) is 0 Å². The Kier molecular flexibility index (Phi) is 3.33. The zero-order valence-electron chi connectivity index (χ0n) is 5.97. The molecule has 0 aliphatic rings. The molecule has 52 valence electrons. The quantitative estimate of drug-likeness (QED) is 0.500. The lowest BCUT2D eigenvalue weighted by Crippen LogP contribution is -1.91. The Labute approximate surface area is 56.8 Å². The Hall–Kier alpha value is -0.490. The minimum absolute atomic E-state index is 0.391. The van der Waals surface area contributed by atoms with Gasteiger partial charge in [-0.2, -0.15) is 0 Å². The molecule has 0 aliphatic heterocycles. The number of hydrogen-bond donors (Lipinski definition) is 0. The van der Waals surface area contributed by atoms with E-state index in [-0.39, 0.29) is 0 Å². The summed E-state index contributed by atoms with van der Waals surface area (Å²) in [7, 11) is -1.92. The summed E-state index contributed by atoms with van der Waals surface area (Å²) in [6, 6.07) is 0. The smallest absolute Gasteiger partial charge is 0.109 e. The lowest BCUT2D eigenvalue weighted by molar-refractivity contribution is 0.683. The van der Waals surface area contributed by atoms with Crippen LogP contribution in [0.25, 0.3) is 0 Å². The highest BCUT2D eigenvalue weighted by atomic mass is 32.2. The molecule has 0 unspecified atom stereocenters. The van der Waals surface area contributed by atoms with Crippen LogP contribution >= 0.6 is 0 Å². The van der Waals surface area contributed by atoms with Crippen molar-refractivity contribution in [3.8, 4) is 11.8 Å². The van der Waals surface area contributed by atoms with Crippen LogP contribution in [0.2, 0.25) is 0 Å². The van der Waals surface area contributed by atoms with Crippen molar-refractivity contribution >= 4 is 9.73 Å². The van der Waals surface area contributed by atoms with Crippen LogP contribution in [0.4, 0.5) is 0 Å². The van der Waals surface area contributed by atoms with E-state index in [4.69, 9.17) is 0 Å². The molecule has 0 saturated heterocycles. The first-order chi connectivity index (χ1) is 4.06. The molecule has 0 aromatic rings. The van der Waals surface area contributed by atoms with E-state index in [1.807, 2.05) is 0 Å². The van der Waals surface area contributed by atoms with Gasteiger partial charge in [-0.3, -0.25) is 4.21 Å². The molecule has 0 aromatic carbocycles. The SMILES string of the molecule is CC#CCN=S(C)(C)=O. The monoisotopic (exact) mass is 145 g/mol. The van der Waals surface area contributed by atoms with Gasteiger partial charge in [0, 0.05) is 22.2 Å². The van der Waals surface area contributed by atoms with Gasteiger partial charge in [0.2, 0.25) is 0 Å². The van der Waals surface area contributed by atoms with Gasteiger partial charge in [-0.15, -0.1) is 5.92 Å². The second-order valence-corrected chi connectivity index (χ2v) is 4.52. The average Bonchev–Trinajstić information content (AvgIpc) is 1.63. The van der Waals surface area contributed by atoms with E-state index >= 15 is 0 Å². The lowest BCUT2D eigenvalue weighted by Gasteiger charge is -1.87. The van der Waals surface area contributed by atoms with Crippen molar-refractivity contribution in [2.75, 3.05) is 19.1 Å². The normalized spacial score (nSPS) is 9.67. The fourth-order valence-electron chi connectivity index (χ4n) is 0.267. The van der Waals surface area contributed by atoms with Gasteiger partial charge in [0.05, 0.1) is 0 Å². The summed E-state index contributed by atoms with van der Waals surface area (Å²) in [5.41, 5.74) is 0. The van der Waals surface area contributed by atoms with Gasteiger partial charge in [-0.25, -0.2) is 4.36 Å². The number of rotatable bonds is 1. The van der Waals surface area contributed by atoms with E-state index in [1.165, 1.54) is 0 Å². The average molecular weight is 145 g/mol. The van der Waals surface area contributed by atoms with E-state index in [1.54, 1.807) is 19.4 Å². The highest BCUT2D eigenvalue weighted by Gasteiger charge is 1.83. The molecule has 0 amide bonds. The Morgan fingerprint density at radius 3 is 2.44 bits per heavy atom. The van der Waals surface area contributed by atoms with Gasteiger partial charge < -0.3 is 0 Å². The van der Waals surface area contributed by atoms with Crippen molar-refractivity contribution in [2.24, 2.45) is 4.36 Å². The van der Waals surface area contributed by atoms with E-state index < -0.39 is 9.73 Å². The Morgan fingerprint density at radius 1 is 1.56 bits per heavy atom. The minimum atomic E-state index is -1.92. The summed E-state index contributed by atoms with van der Waals surface area (Å²) in [4.78, 5) is 0. The topological polar surface area (TPSA) is 29.4 Å². The van der Waals surface area contributed by atoms with Crippen LogP contribution in [0.1, 0.15) is 6.92 Å². The van der Waals surface area contributed by atoms with Crippen LogP contribution in [0.5, 0.6) is 0 Å². The van der Waals surface area contributed by atoms with Crippen molar-refractivity contribution in [3.05, 3.63) is 0 Å². The van der Waals surface area contributed by atoms with Crippen LogP contribution in [-0.2, 0) is 9.73 Å². The molecule has 0 bridgehead atoms. The van der Waals surface area contributed by atoms with E-state index in [9.17, 15) is 4.21 Å². The molecule has 3 heteroatoms. The molecule has 0 aliphatic carbocycles. The lowest BCUT2D eigenvalue weighted by atomic mass is 10.6. The third-order valence-corrected chi connectivity index (χ3v) is 1.38. The summed E-state index contributed by atoms with van der Waals surface area (Å²) < 4.78 is 14.6. The molecule has 2 nitrogen and oxygen atoms in total.